The van der Waals surface area contributed by atoms with Gasteiger partial charge in [-0.05, 0) is 53.6 Å². The van der Waals surface area contributed by atoms with Crippen LogP contribution in [-0.4, -0.2) is 14.2 Å². The van der Waals surface area contributed by atoms with E-state index < -0.39 is 0 Å². The van der Waals surface area contributed by atoms with Gasteiger partial charge < -0.3 is 14.2 Å². The van der Waals surface area contributed by atoms with Crippen LogP contribution in [0.4, 0.5) is 4.39 Å². The van der Waals surface area contributed by atoms with E-state index in [0.717, 1.165) is 22.3 Å². The van der Waals surface area contributed by atoms with E-state index in [1.807, 2.05) is 42.5 Å². The number of benzene rings is 3. The van der Waals surface area contributed by atoms with Gasteiger partial charge in [0.05, 0.1) is 19.3 Å². The third-order valence-corrected chi connectivity index (χ3v) is 4.96. The van der Waals surface area contributed by atoms with Crippen LogP contribution in [-0.2, 0) is 0 Å². The molecule has 1 heterocycles. The van der Waals surface area contributed by atoms with Crippen LogP contribution in [0.1, 0.15) is 16.7 Å². The molecule has 0 saturated carbocycles. The second-order valence-corrected chi connectivity index (χ2v) is 6.82. The highest BCUT2D eigenvalue weighted by atomic mass is 35.5. The van der Waals surface area contributed by atoms with Crippen molar-refractivity contribution in [3.05, 3.63) is 100 Å². The molecule has 0 atom stereocenters. The highest BCUT2D eigenvalue weighted by Crippen LogP contribution is 2.41. The fourth-order valence-corrected chi connectivity index (χ4v) is 3.51. The Morgan fingerprint density at radius 1 is 0.828 bits per heavy atom. The minimum Gasteiger partial charge on any atom is -0.493 e. The second kappa shape index (κ2) is 8.02. The van der Waals surface area contributed by atoms with E-state index in [1.165, 1.54) is 12.1 Å². The van der Waals surface area contributed by atoms with Gasteiger partial charge in [0.15, 0.2) is 17.3 Å². The summed E-state index contributed by atoms with van der Waals surface area (Å²) in [6, 6.07) is 19.4. The highest BCUT2D eigenvalue weighted by molar-refractivity contribution is 6.34. The van der Waals surface area contributed by atoms with Gasteiger partial charge in [-0.2, -0.15) is 0 Å². The van der Waals surface area contributed by atoms with Crippen LogP contribution in [0.15, 0.2) is 77.8 Å². The molecule has 0 spiro atoms. The number of halogens is 2. The maximum Gasteiger partial charge on any atom is 0.161 e. The van der Waals surface area contributed by atoms with Crippen molar-refractivity contribution in [2.45, 2.75) is 0 Å². The van der Waals surface area contributed by atoms with Crippen LogP contribution in [0.5, 0.6) is 17.2 Å². The topological polar surface area (TPSA) is 27.7 Å². The van der Waals surface area contributed by atoms with E-state index in [1.54, 1.807) is 32.4 Å². The van der Waals surface area contributed by atoms with Gasteiger partial charge in [0, 0.05) is 11.1 Å². The summed E-state index contributed by atoms with van der Waals surface area (Å²) in [4.78, 5) is 0. The van der Waals surface area contributed by atoms with Gasteiger partial charge in [-0.1, -0.05) is 41.9 Å². The minimum absolute atomic E-state index is 0.292. The number of rotatable bonds is 4. The first-order valence-corrected chi connectivity index (χ1v) is 9.35. The Hall–Kier alpha value is -3.24. The second-order valence-electron chi connectivity index (χ2n) is 6.41. The average molecular weight is 409 g/mol. The first-order chi connectivity index (χ1) is 14.1. The maximum atomic E-state index is 13.4. The van der Waals surface area contributed by atoms with E-state index in [9.17, 15) is 4.39 Å². The quantitative estimate of drug-likeness (QED) is 0.508. The molecule has 29 heavy (non-hydrogen) atoms. The van der Waals surface area contributed by atoms with Gasteiger partial charge in [-0.15, -0.1) is 0 Å². The van der Waals surface area contributed by atoms with Crippen molar-refractivity contribution < 1.29 is 18.6 Å². The Bertz CT molecular complexity index is 1120. The first kappa shape index (κ1) is 19.1. The molecule has 3 aromatic carbocycles. The van der Waals surface area contributed by atoms with Crippen LogP contribution in [0, 0.1) is 5.82 Å². The molecule has 4 rings (SSSR count). The Balaban J connectivity index is 1.89. The zero-order valence-corrected chi connectivity index (χ0v) is 16.7. The fraction of sp³-hybridized carbons (Fsp3) is 0.0833. The molecule has 0 radical (unpaired) electrons. The van der Waals surface area contributed by atoms with E-state index in [-0.39, 0.29) is 5.82 Å². The third-order valence-electron chi connectivity index (χ3n) is 4.68. The van der Waals surface area contributed by atoms with E-state index in [0.29, 0.717) is 28.0 Å². The van der Waals surface area contributed by atoms with Crippen LogP contribution in [0.2, 0.25) is 0 Å². The molecule has 146 valence electrons. The van der Waals surface area contributed by atoms with Crippen molar-refractivity contribution in [1.29, 1.82) is 0 Å². The summed E-state index contributed by atoms with van der Waals surface area (Å²) in [5.74, 6) is 2.05. The lowest BCUT2D eigenvalue weighted by Gasteiger charge is -2.15. The Morgan fingerprint density at radius 3 is 2.24 bits per heavy atom. The Kier molecular flexibility index (Phi) is 5.28. The molecule has 0 fully saturated rings. The fourth-order valence-electron chi connectivity index (χ4n) is 3.25. The van der Waals surface area contributed by atoms with Gasteiger partial charge in [0.1, 0.15) is 11.6 Å². The molecule has 3 nitrogen and oxygen atoms in total. The number of allylic oxidation sites excluding steroid dienone is 2. The van der Waals surface area contributed by atoms with Crippen molar-refractivity contribution >= 4 is 22.9 Å². The lowest BCUT2D eigenvalue weighted by atomic mass is 9.97. The summed E-state index contributed by atoms with van der Waals surface area (Å²) in [5.41, 5.74) is 3.31. The van der Waals surface area contributed by atoms with Crippen molar-refractivity contribution in [3.8, 4) is 17.2 Å². The van der Waals surface area contributed by atoms with Crippen molar-refractivity contribution in [3.63, 3.8) is 0 Å². The number of ether oxygens (including phenoxy) is 3. The first-order valence-electron chi connectivity index (χ1n) is 8.98. The van der Waals surface area contributed by atoms with Crippen molar-refractivity contribution in [2.24, 2.45) is 0 Å². The van der Waals surface area contributed by atoms with E-state index in [2.05, 4.69) is 0 Å². The number of hydrogen-bond donors (Lipinski definition) is 0. The minimum atomic E-state index is -0.292. The van der Waals surface area contributed by atoms with Gasteiger partial charge in [0.2, 0.25) is 0 Å². The molecule has 0 unspecified atom stereocenters. The van der Waals surface area contributed by atoms with Crippen LogP contribution >= 0.6 is 11.6 Å². The SMILES string of the molecule is COc1ccc(C2=C(Cl)C=C(c3ccc(F)cc3)c3ccccc3O2)cc1OC. The summed E-state index contributed by atoms with van der Waals surface area (Å²) < 4.78 is 30.4. The van der Waals surface area contributed by atoms with Crippen LogP contribution in [0.25, 0.3) is 11.3 Å². The standard InChI is InChI=1S/C24H18ClFO3/c1-27-22-12-9-16(13-23(22)28-2)24-20(25)14-19(15-7-10-17(26)11-8-15)18-5-3-4-6-21(18)29-24/h3-14H,1-2H3. The monoisotopic (exact) mass is 408 g/mol. The van der Waals surface area contributed by atoms with Crippen LogP contribution in [0.3, 0.4) is 0 Å². The van der Waals surface area contributed by atoms with Gasteiger partial charge in [-0.3, -0.25) is 0 Å². The lowest BCUT2D eigenvalue weighted by molar-refractivity contribution is 0.354. The predicted molar refractivity (Wildman–Crippen MR) is 113 cm³/mol. The summed E-state index contributed by atoms with van der Waals surface area (Å²) >= 11 is 6.69. The molecule has 0 saturated heterocycles. The molecule has 1 aliphatic rings. The Labute approximate surface area is 173 Å². The molecule has 5 heteroatoms. The number of methoxy groups -OCH3 is 2. The zero-order chi connectivity index (χ0) is 20.4. The summed E-state index contributed by atoms with van der Waals surface area (Å²) in [5, 5.41) is 0.424. The van der Waals surface area contributed by atoms with Gasteiger partial charge >= 0.3 is 0 Å². The van der Waals surface area contributed by atoms with E-state index >= 15 is 0 Å². The molecule has 1 aliphatic heterocycles. The van der Waals surface area contributed by atoms with Crippen molar-refractivity contribution in [1.82, 2.24) is 0 Å². The summed E-state index contributed by atoms with van der Waals surface area (Å²) in [7, 11) is 3.16. The van der Waals surface area contributed by atoms with Gasteiger partial charge in [0.25, 0.3) is 0 Å². The lowest BCUT2D eigenvalue weighted by Crippen LogP contribution is -1.99. The molecule has 0 amide bonds. The number of hydrogen-bond acceptors (Lipinski definition) is 3. The largest absolute Gasteiger partial charge is 0.493 e. The normalized spacial score (nSPS) is 13.2. The van der Waals surface area contributed by atoms with E-state index in [4.69, 9.17) is 25.8 Å². The molecular formula is C24H18ClFO3. The average Bonchev–Trinajstić information content (AvgIpc) is 2.90. The van der Waals surface area contributed by atoms with Crippen LogP contribution < -0.4 is 14.2 Å². The molecule has 3 aromatic rings. The van der Waals surface area contributed by atoms with Gasteiger partial charge in [-0.25, -0.2) is 4.39 Å². The van der Waals surface area contributed by atoms with Crippen molar-refractivity contribution in [2.75, 3.05) is 14.2 Å². The maximum absolute atomic E-state index is 13.4. The Morgan fingerprint density at radius 2 is 1.52 bits per heavy atom. The number of para-hydroxylation sites is 1. The highest BCUT2D eigenvalue weighted by Gasteiger charge is 2.21. The summed E-state index contributed by atoms with van der Waals surface area (Å²) in [6.45, 7) is 0. The predicted octanol–water partition coefficient (Wildman–Crippen LogP) is 6.27. The molecule has 0 aliphatic carbocycles. The third kappa shape index (κ3) is 3.71. The smallest absolute Gasteiger partial charge is 0.161 e. The molecule has 0 aromatic heterocycles. The molecule has 0 bridgehead atoms. The number of fused-ring (bicyclic) bond motifs is 1. The zero-order valence-electron chi connectivity index (χ0n) is 15.9. The molecule has 0 N–H and O–H groups in total. The summed E-state index contributed by atoms with van der Waals surface area (Å²) in [6.07, 6.45) is 1.84. The molecular weight excluding hydrogens is 391 g/mol.